The molecule has 0 saturated heterocycles. The molecule has 15 heavy (non-hydrogen) atoms. The van der Waals surface area contributed by atoms with Gasteiger partial charge in [-0.2, -0.15) is 5.26 Å². The van der Waals surface area contributed by atoms with E-state index in [0.717, 1.165) is 11.4 Å². The molecule has 4 nitrogen and oxygen atoms in total. The summed E-state index contributed by atoms with van der Waals surface area (Å²) in [5, 5.41) is 8.81. The fraction of sp³-hybridized carbons (Fsp3) is 0.0909. The number of hydrogen-bond donors (Lipinski definition) is 0. The highest BCUT2D eigenvalue weighted by atomic mass is 16.5. The summed E-state index contributed by atoms with van der Waals surface area (Å²) in [6.07, 6.45) is 3.86. The number of anilines is 1. The Kier molecular flexibility index (Phi) is 1.53. The standard InChI is InChI=1S/C11H7N3O/c12-7-8-2-3-10-9(6-8)14-5-1-4-13-11(14)15-10/h1-3,5-6H,4H2. The topological polar surface area (TPSA) is 48.6 Å². The first kappa shape index (κ1) is 8.06. The predicted octanol–water partition coefficient (Wildman–Crippen LogP) is 1.64. The normalized spacial score (nSPS) is 16.2. The van der Waals surface area contributed by atoms with Gasteiger partial charge in [-0.1, -0.05) is 0 Å². The van der Waals surface area contributed by atoms with E-state index in [1.165, 1.54) is 0 Å². The lowest BCUT2D eigenvalue weighted by Crippen LogP contribution is -2.26. The monoisotopic (exact) mass is 197 g/mol. The first-order chi connectivity index (χ1) is 7.38. The Labute approximate surface area is 86.7 Å². The summed E-state index contributed by atoms with van der Waals surface area (Å²) < 4.78 is 5.53. The number of fused-ring (bicyclic) bond motifs is 3. The first-order valence-electron chi connectivity index (χ1n) is 4.61. The molecule has 0 fully saturated rings. The van der Waals surface area contributed by atoms with Crippen LogP contribution >= 0.6 is 0 Å². The maximum absolute atomic E-state index is 8.81. The summed E-state index contributed by atoms with van der Waals surface area (Å²) in [5.41, 5.74) is 1.50. The van der Waals surface area contributed by atoms with Crippen molar-refractivity contribution in [3.63, 3.8) is 0 Å². The maximum atomic E-state index is 8.81. The zero-order valence-corrected chi connectivity index (χ0v) is 7.84. The first-order valence-corrected chi connectivity index (χ1v) is 4.61. The zero-order chi connectivity index (χ0) is 10.3. The number of nitriles is 1. The lowest BCUT2D eigenvalue weighted by Gasteiger charge is -2.13. The van der Waals surface area contributed by atoms with Crippen LogP contribution in [-0.4, -0.2) is 12.6 Å². The number of hydrogen-bond acceptors (Lipinski definition) is 4. The van der Waals surface area contributed by atoms with Crippen molar-refractivity contribution in [1.29, 1.82) is 5.26 Å². The lowest BCUT2D eigenvalue weighted by molar-refractivity contribution is 0.562. The molecule has 2 heterocycles. The van der Waals surface area contributed by atoms with Gasteiger partial charge in [-0.15, -0.1) is 0 Å². The molecule has 0 aliphatic carbocycles. The maximum Gasteiger partial charge on any atom is 0.302 e. The van der Waals surface area contributed by atoms with E-state index in [1.807, 2.05) is 17.2 Å². The Morgan fingerprint density at radius 2 is 2.40 bits per heavy atom. The van der Waals surface area contributed by atoms with E-state index in [4.69, 9.17) is 10.00 Å². The number of aliphatic imine (C=N–C) groups is 1. The van der Waals surface area contributed by atoms with Crippen molar-refractivity contribution in [1.82, 2.24) is 0 Å². The molecule has 0 bridgehead atoms. The van der Waals surface area contributed by atoms with Crippen molar-refractivity contribution in [2.75, 3.05) is 11.4 Å². The lowest BCUT2D eigenvalue weighted by atomic mass is 10.2. The highest BCUT2D eigenvalue weighted by Gasteiger charge is 2.27. The molecule has 1 aromatic rings. The molecule has 2 aliphatic rings. The van der Waals surface area contributed by atoms with Gasteiger partial charge in [-0.05, 0) is 24.3 Å². The summed E-state index contributed by atoms with van der Waals surface area (Å²) in [6.45, 7) is 0.644. The van der Waals surface area contributed by atoms with E-state index in [2.05, 4.69) is 11.1 Å². The fourth-order valence-corrected chi connectivity index (χ4v) is 1.65. The molecule has 0 unspecified atom stereocenters. The molecule has 3 rings (SSSR count). The third kappa shape index (κ3) is 1.10. The molecule has 72 valence electrons. The Balaban J connectivity index is 2.15. The average Bonchev–Trinajstić information content (AvgIpc) is 2.66. The summed E-state index contributed by atoms with van der Waals surface area (Å²) in [5.74, 6) is 0.749. The van der Waals surface area contributed by atoms with Crippen molar-refractivity contribution in [2.45, 2.75) is 0 Å². The third-order valence-electron chi connectivity index (χ3n) is 2.34. The Morgan fingerprint density at radius 1 is 1.47 bits per heavy atom. The van der Waals surface area contributed by atoms with Crippen LogP contribution < -0.4 is 9.64 Å². The number of ether oxygens (including phenoxy) is 1. The summed E-state index contributed by atoms with van der Waals surface area (Å²) in [4.78, 5) is 6.06. The zero-order valence-electron chi connectivity index (χ0n) is 7.84. The second-order valence-corrected chi connectivity index (χ2v) is 3.27. The molecule has 0 radical (unpaired) electrons. The smallest absolute Gasteiger partial charge is 0.302 e. The van der Waals surface area contributed by atoms with Crippen molar-refractivity contribution < 1.29 is 4.74 Å². The van der Waals surface area contributed by atoms with Crippen molar-refractivity contribution in [3.8, 4) is 11.8 Å². The molecule has 0 N–H and O–H groups in total. The van der Waals surface area contributed by atoms with Crippen LogP contribution in [0.3, 0.4) is 0 Å². The van der Waals surface area contributed by atoms with Gasteiger partial charge >= 0.3 is 6.02 Å². The van der Waals surface area contributed by atoms with Crippen LogP contribution in [-0.2, 0) is 0 Å². The number of amidine groups is 1. The molecule has 0 spiro atoms. The minimum atomic E-state index is 0.586. The van der Waals surface area contributed by atoms with E-state index in [0.29, 0.717) is 18.1 Å². The molecule has 0 atom stereocenters. The van der Waals surface area contributed by atoms with Crippen LogP contribution in [0.1, 0.15) is 5.56 Å². The quantitative estimate of drug-likeness (QED) is 0.635. The van der Waals surface area contributed by atoms with Gasteiger partial charge in [-0.25, -0.2) is 4.99 Å². The summed E-state index contributed by atoms with van der Waals surface area (Å²) >= 11 is 0. The molecule has 2 aliphatic heterocycles. The highest BCUT2D eigenvalue weighted by molar-refractivity contribution is 6.02. The second-order valence-electron chi connectivity index (χ2n) is 3.27. The summed E-state index contributed by atoms with van der Waals surface area (Å²) in [7, 11) is 0. The van der Waals surface area contributed by atoms with Gasteiger partial charge in [0.05, 0.1) is 23.9 Å². The average molecular weight is 197 g/mol. The van der Waals surface area contributed by atoms with E-state index in [9.17, 15) is 0 Å². The molecular weight excluding hydrogens is 190 g/mol. The van der Waals surface area contributed by atoms with Gasteiger partial charge in [0.1, 0.15) is 0 Å². The second kappa shape index (κ2) is 2.85. The van der Waals surface area contributed by atoms with E-state index in [1.54, 1.807) is 18.2 Å². The summed E-state index contributed by atoms with van der Waals surface area (Å²) in [6, 6.07) is 8.02. The minimum Gasteiger partial charge on any atom is -0.423 e. The minimum absolute atomic E-state index is 0.586. The third-order valence-corrected chi connectivity index (χ3v) is 2.34. The van der Waals surface area contributed by atoms with Crippen LogP contribution in [0.15, 0.2) is 35.5 Å². The van der Waals surface area contributed by atoms with E-state index in [-0.39, 0.29) is 0 Å². The number of benzene rings is 1. The molecular formula is C11H7N3O. The molecule has 4 heteroatoms. The van der Waals surface area contributed by atoms with E-state index >= 15 is 0 Å². The Morgan fingerprint density at radius 3 is 3.27 bits per heavy atom. The van der Waals surface area contributed by atoms with E-state index < -0.39 is 0 Å². The van der Waals surface area contributed by atoms with Gasteiger partial charge in [0.2, 0.25) is 0 Å². The van der Waals surface area contributed by atoms with Crippen LogP contribution in [0.4, 0.5) is 5.69 Å². The SMILES string of the molecule is N#Cc1ccc2c(c1)N1C=CCN=C1O2. The predicted molar refractivity (Wildman–Crippen MR) is 55.7 cm³/mol. The Bertz CT molecular complexity index is 525. The molecule has 0 amide bonds. The van der Waals surface area contributed by atoms with Crippen LogP contribution in [0.5, 0.6) is 5.75 Å². The number of nitrogens with zero attached hydrogens (tertiary/aromatic N) is 3. The molecule has 0 aromatic heterocycles. The Hall–Kier alpha value is -2.28. The van der Waals surface area contributed by atoms with Crippen molar-refractivity contribution >= 4 is 11.7 Å². The van der Waals surface area contributed by atoms with Crippen molar-refractivity contribution in [2.24, 2.45) is 4.99 Å². The molecule has 0 saturated carbocycles. The fourth-order valence-electron chi connectivity index (χ4n) is 1.65. The molecule has 1 aromatic carbocycles. The van der Waals surface area contributed by atoms with Crippen molar-refractivity contribution in [3.05, 3.63) is 36.0 Å². The van der Waals surface area contributed by atoms with Gasteiger partial charge in [-0.3, -0.25) is 4.90 Å². The highest BCUT2D eigenvalue weighted by Crippen LogP contribution is 2.36. The van der Waals surface area contributed by atoms with Crippen LogP contribution in [0.2, 0.25) is 0 Å². The van der Waals surface area contributed by atoms with Gasteiger partial charge in [0.15, 0.2) is 5.75 Å². The van der Waals surface area contributed by atoms with Gasteiger partial charge in [0.25, 0.3) is 0 Å². The largest absolute Gasteiger partial charge is 0.423 e. The van der Waals surface area contributed by atoms with Crippen LogP contribution in [0.25, 0.3) is 0 Å². The van der Waals surface area contributed by atoms with Crippen LogP contribution in [0, 0.1) is 11.3 Å². The number of rotatable bonds is 0. The van der Waals surface area contributed by atoms with Gasteiger partial charge in [0, 0.05) is 6.20 Å². The van der Waals surface area contributed by atoms with Gasteiger partial charge < -0.3 is 4.74 Å².